The summed E-state index contributed by atoms with van der Waals surface area (Å²) >= 11 is 0. The Balaban J connectivity index is 2.16. The molecule has 0 amide bonds. The Morgan fingerprint density at radius 3 is 2.78 bits per heavy atom. The molecule has 0 fully saturated rings. The maximum atomic E-state index is 8.51. The molecule has 2 aromatic carbocycles. The minimum atomic E-state index is 0.435. The average Bonchev–Trinajstić information content (AvgIpc) is 2.77. The first kappa shape index (κ1) is 10.6. The Morgan fingerprint density at radius 2 is 1.89 bits per heavy atom. The Hall–Kier alpha value is -2.53. The van der Waals surface area contributed by atoms with E-state index in [0.717, 1.165) is 27.5 Å². The molecule has 0 aliphatic heterocycles. The molecule has 18 heavy (non-hydrogen) atoms. The fourth-order valence-corrected chi connectivity index (χ4v) is 2.10. The van der Waals surface area contributed by atoms with Crippen molar-refractivity contribution in [3.05, 3.63) is 54.1 Å². The van der Waals surface area contributed by atoms with Crippen LogP contribution in [-0.4, -0.2) is 0 Å². The van der Waals surface area contributed by atoms with E-state index in [0.29, 0.717) is 6.42 Å². The van der Waals surface area contributed by atoms with Crippen molar-refractivity contribution in [2.75, 3.05) is 0 Å². The number of rotatable bonds is 2. The molecule has 2 heteroatoms. The molecule has 0 radical (unpaired) electrons. The first-order valence-electron chi connectivity index (χ1n) is 5.83. The predicted octanol–water partition coefficient (Wildman–Crippen LogP) is 4.51. The fourth-order valence-electron chi connectivity index (χ4n) is 2.10. The van der Waals surface area contributed by atoms with E-state index >= 15 is 0 Å². The summed E-state index contributed by atoms with van der Waals surface area (Å²) in [5.41, 5.74) is 2.89. The third kappa shape index (κ3) is 1.76. The van der Waals surface area contributed by atoms with E-state index < -0.39 is 0 Å². The number of nitrogens with zero attached hydrogens (tertiary/aromatic N) is 1. The van der Waals surface area contributed by atoms with Gasteiger partial charge in [-0.25, -0.2) is 0 Å². The summed E-state index contributed by atoms with van der Waals surface area (Å²) in [6.45, 7) is 0. The van der Waals surface area contributed by atoms with Gasteiger partial charge in [0.05, 0.1) is 12.5 Å². The number of benzene rings is 2. The van der Waals surface area contributed by atoms with Gasteiger partial charge in [0.25, 0.3) is 0 Å². The SMILES string of the molecule is N#CCC=Cc1ccc2oc3ccccc3c2c1. The second-order valence-corrected chi connectivity index (χ2v) is 4.12. The summed E-state index contributed by atoms with van der Waals surface area (Å²) in [7, 11) is 0. The second kappa shape index (κ2) is 4.38. The molecule has 0 aliphatic rings. The highest BCUT2D eigenvalue weighted by Crippen LogP contribution is 2.29. The lowest BCUT2D eigenvalue weighted by atomic mass is 10.1. The summed E-state index contributed by atoms with van der Waals surface area (Å²) in [5, 5.41) is 10.8. The van der Waals surface area contributed by atoms with Gasteiger partial charge in [0.2, 0.25) is 0 Å². The average molecular weight is 233 g/mol. The van der Waals surface area contributed by atoms with E-state index in [-0.39, 0.29) is 0 Å². The number of furan rings is 1. The molecule has 0 saturated heterocycles. The molecular formula is C16H11NO. The number of fused-ring (bicyclic) bond motifs is 3. The van der Waals surface area contributed by atoms with Crippen molar-refractivity contribution in [3.8, 4) is 6.07 Å². The minimum Gasteiger partial charge on any atom is -0.456 e. The molecule has 3 aromatic rings. The first-order chi connectivity index (χ1) is 8.88. The smallest absolute Gasteiger partial charge is 0.135 e. The molecule has 0 atom stereocenters. The minimum absolute atomic E-state index is 0.435. The molecule has 3 rings (SSSR count). The summed E-state index contributed by atoms with van der Waals surface area (Å²) < 4.78 is 5.76. The van der Waals surface area contributed by atoms with Gasteiger partial charge in [0, 0.05) is 10.8 Å². The Bertz CT molecular complexity index is 774. The zero-order chi connectivity index (χ0) is 12.4. The molecular weight excluding hydrogens is 222 g/mol. The van der Waals surface area contributed by atoms with Gasteiger partial charge < -0.3 is 4.42 Å². The highest BCUT2D eigenvalue weighted by molar-refractivity contribution is 6.05. The van der Waals surface area contributed by atoms with Crippen molar-refractivity contribution in [1.82, 2.24) is 0 Å². The predicted molar refractivity (Wildman–Crippen MR) is 73.0 cm³/mol. The van der Waals surface area contributed by atoms with Crippen molar-refractivity contribution in [3.63, 3.8) is 0 Å². The fraction of sp³-hybridized carbons (Fsp3) is 0.0625. The van der Waals surface area contributed by atoms with Crippen LogP contribution in [0.2, 0.25) is 0 Å². The van der Waals surface area contributed by atoms with Gasteiger partial charge in [-0.2, -0.15) is 5.26 Å². The van der Waals surface area contributed by atoms with Crippen LogP contribution in [0.4, 0.5) is 0 Å². The highest BCUT2D eigenvalue weighted by atomic mass is 16.3. The molecule has 1 heterocycles. The van der Waals surface area contributed by atoms with E-state index in [4.69, 9.17) is 9.68 Å². The van der Waals surface area contributed by atoms with Crippen LogP contribution in [0, 0.1) is 11.3 Å². The van der Waals surface area contributed by atoms with Gasteiger partial charge in [0.1, 0.15) is 11.2 Å². The first-order valence-corrected chi connectivity index (χ1v) is 5.83. The molecule has 0 N–H and O–H groups in total. The summed E-state index contributed by atoms with van der Waals surface area (Å²) in [6, 6.07) is 16.2. The van der Waals surface area contributed by atoms with Crippen LogP contribution in [-0.2, 0) is 0 Å². The topological polar surface area (TPSA) is 36.9 Å². The van der Waals surface area contributed by atoms with E-state index in [2.05, 4.69) is 18.2 Å². The van der Waals surface area contributed by atoms with Gasteiger partial charge in [-0.05, 0) is 23.8 Å². The van der Waals surface area contributed by atoms with Gasteiger partial charge in [-0.3, -0.25) is 0 Å². The number of hydrogen-bond acceptors (Lipinski definition) is 2. The van der Waals surface area contributed by atoms with E-state index in [1.54, 1.807) is 0 Å². The van der Waals surface area contributed by atoms with Gasteiger partial charge in [-0.15, -0.1) is 0 Å². The van der Waals surface area contributed by atoms with Crippen LogP contribution >= 0.6 is 0 Å². The lowest BCUT2D eigenvalue weighted by Crippen LogP contribution is -1.72. The molecule has 2 nitrogen and oxygen atoms in total. The summed E-state index contributed by atoms with van der Waals surface area (Å²) in [4.78, 5) is 0. The zero-order valence-electron chi connectivity index (χ0n) is 9.76. The third-order valence-corrected chi connectivity index (χ3v) is 2.92. The Labute approximate surface area is 105 Å². The maximum Gasteiger partial charge on any atom is 0.135 e. The van der Waals surface area contributed by atoms with Gasteiger partial charge in [-0.1, -0.05) is 36.4 Å². The molecule has 0 aliphatic carbocycles. The van der Waals surface area contributed by atoms with Crippen LogP contribution in [0.5, 0.6) is 0 Å². The molecule has 0 saturated carbocycles. The zero-order valence-corrected chi connectivity index (χ0v) is 9.76. The van der Waals surface area contributed by atoms with Crippen molar-refractivity contribution in [1.29, 1.82) is 5.26 Å². The molecule has 0 spiro atoms. The van der Waals surface area contributed by atoms with Crippen molar-refractivity contribution in [2.45, 2.75) is 6.42 Å². The van der Waals surface area contributed by atoms with E-state index in [9.17, 15) is 0 Å². The summed E-state index contributed by atoms with van der Waals surface area (Å²) in [5.74, 6) is 0. The van der Waals surface area contributed by atoms with Crippen molar-refractivity contribution >= 4 is 28.0 Å². The number of allylic oxidation sites excluding steroid dienone is 1. The van der Waals surface area contributed by atoms with Crippen LogP contribution in [0.1, 0.15) is 12.0 Å². The summed E-state index contributed by atoms with van der Waals surface area (Å²) in [6.07, 6.45) is 4.26. The van der Waals surface area contributed by atoms with Crippen LogP contribution < -0.4 is 0 Å². The maximum absolute atomic E-state index is 8.51. The largest absolute Gasteiger partial charge is 0.456 e. The number of hydrogen-bond donors (Lipinski definition) is 0. The van der Waals surface area contributed by atoms with E-state index in [1.165, 1.54) is 0 Å². The monoisotopic (exact) mass is 233 g/mol. The molecule has 0 bridgehead atoms. The Kier molecular flexibility index (Phi) is 2.59. The van der Waals surface area contributed by atoms with Crippen molar-refractivity contribution < 1.29 is 4.42 Å². The number of nitriles is 1. The van der Waals surface area contributed by atoms with Gasteiger partial charge >= 0.3 is 0 Å². The second-order valence-electron chi connectivity index (χ2n) is 4.12. The highest BCUT2D eigenvalue weighted by Gasteiger charge is 2.05. The number of para-hydroxylation sites is 1. The molecule has 86 valence electrons. The molecule has 0 unspecified atom stereocenters. The van der Waals surface area contributed by atoms with Crippen LogP contribution in [0.3, 0.4) is 0 Å². The standard InChI is InChI=1S/C16H11NO/c17-10-4-3-5-12-8-9-16-14(11-12)13-6-1-2-7-15(13)18-16/h1-3,5-9,11H,4H2. The Morgan fingerprint density at radius 1 is 1.06 bits per heavy atom. The molecule has 1 aromatic heterocycles. The van der Waals surface area contributed by atoms with E-state index in [1.807, 2.05) is 42.5 Å². The quantitative estimate of drug-likeness (QED) is 0.652. The lowest BCUT2D eigenvalue weighted by molar-refractivity contribution is 0.669. The third-order valence-electron chi connectivity index (χ3n) is 2.92. The van der Waals surface area contributed by atoms with Crippen LogP contribution in [0.25, 0.3) is 28.0 Å². The normalized spacial score (nSPS) is 11.3. The van der Waals surface area contributed by atoms with Crippen molar-refractivity contribution in [2.24, 2.45) is 0 Å². The van der Waals surface area contributed by atoms with Gasteiger partial charge in [0.15, 0.2) is 0 Å². The van der Waals surface area contributed by atoms with Crippen LogP contribution in [0.15, 0.2) is 53.0 Å². The lowest BCUT2D eigenvalue weighted by Gasteiger charge is -1.93.